The van der Waals surface area contributed by atoms with E-state index in [1.807, 2.05) is 24.3 Å². The van der Waals surface area contributed by atoms with Gasteiger partial charge >= 0.3 is 0 Å². The molecule has 1 saturated heterocycles. The van der Waals surface area contributed by atoms with Crippen molar-refractivity contribution in [2.24, 2.45) is 0 Å². The van der Waals surface area contributed by atoms with Gasteiger partial charge < -0.3 is 15.0 Å². The smallest absolute Gasteiger partial charge is 0.252 e. The number of halogens is 2. The first kappa shape index (κ1) is 17.2. The third kappa shape index (κ3) is 4.63. The monoisotopic (exact) mass is 318 g/mol. The van der Waals surface area contributed by atoms with Crippen LogP contribution in [0.5, 0.6) is 0 Å². The fourth-order valence-corrected chi connectivity index (χ4v) is 2.23. The Balaban J connectivity index is 0.00000200. The number of nitrogens with one attached hydrogen (secondary N) is 1. The van der Waals surface area contributed by atoms with Crippen molar-refractivity contribution in [2.45, 2.75) is 18.6 Å². The molecule has 0 bridgehead atoms. The molecular weight excluding hydrogens is 299 g/mol. The van der Waals surface area contributed by atoms with Crippen LogP contribution in [0.25, 0.3) is 0 Å². The number of hydrogen-bond donors (Lipinski definition) is 1. The minimum absolute atomic E-state index is 0. The summed E-state index contributed by atoms with van der Waals surface area (Å²) in [6.45, 7) is 1.11. The molecule has 1 aliphatic heterocycles. The summed E-state index contributed by atoms with van der Waals surface area (Å²) < 4.78 is 5.63. The summed E-state index contributed by atoms with van der Waals surface area (Å²) in [4.78, 5) is 13.3. The van der Waals surface area contributed by atoms with Crippen molar-refractivity contribution >= 4 is 29.9 Å². The van der Waals surface area contributed by atoms with Crippen molar-refractivity contribution in [2.75, 3.05) is 27.2 Å². The summed E-state index contributed by atoms with van der Waals surface area (Å²) >= 11 is 5.86. The molecule has 1 aliphatic rings. The molecule has 0 radical (unpaired) electrons. The zero-order valence-corrected chi connectivity index (χ0v) is 13.2. The van der Waals surface area contributed by atoms with Gasteiger partial charge in [0.1, 0.15) is 6.10 Å². The summed E-state index contributed by atoms with van der Waals surface area (Å²) in [7, 11) is 3.48. The summed E-state index contributed by atoms with van der Waals surface area (Å²) in [6.07, 6.45) is 0.511. The highest BCUT2D eigenvalue weighted by molar-refractivity contribution is 6.30. The zero-order valence-electron chi connectivity index (χ0n) is 11.6. The molecule has 1 amide bonds. The minimum Gasteiger partial charge on any atom is -0.365 e. The molecule has 4 nitrogen and oxygen atoms in total. The number of ether oxygens (including phenoxy) is 1. The molecule has 0 spiro atoms. The highest BCUT2D eigenvalue weighted by atomic mass is 35.5. The van der Waals surface area contributed by atoms with E-state index in [9.17, 15) is 4.79 Å². The zero-order chi connectivity index (χ0) is 13.8. The number of rotatable bonds is 3. The van der Waals surface area contributed by atoms with Gasteiger partial charge in [0, 0.05) is 31.7 Å². The van der Waals surface area contributed by atoms with Crippen LogP contribution in [0, 0.1) is 0 Å². The Morgan fingerprint density at radius 2 is 2.05 bits per heavy atom. The third-order valence-corrected chi connectivity index (χ3v) is 3.45. The third-order valence-electron chi connectivity index (χ3n) is 3.20. The first-order valence-corrected chi connectivity index (χ1v) is 6.74. The lowest BCUT2D eigenvalue weighted by molar-refractivity contribution is -0.143. The lowest BCUT2D eigenvalue weighted by atomic mass is 10.1. The quantitative estimate of drug-likeness (QED) is 0.923. The minimum atomic E-state index is -0.364. The van der Waals surface area contributed by atoms with Gasteiger partial charge in [0.15, 0.2) is 0 Å². The van der Waals surface area contributed by atoms with Gasteiger partial charge in [-0.2, -0.15) is 0 Å². The Morgan fingerprint density at radius 3 is 2.55 bits per heavy atom. The molecule has 20 heavy (non-hydrogen) atoms. The Morgan fingerprint density at radius 1 is 1.40 bits per heavy atom. The molecule has 112 valence electrons. The van der Waals surface area contributed by atoms with Crippen molar-refractivity contribution in [3.05, 3.63) is 34.9 Å². The number of hydrogen-bond acceptors (Lipinski definition) is 3. The molecule has 0 unspecified atom stereocenters. The first-order chi connectivity index (χ1) is 9.06. The van der Waals surface area contributed by atoms with Crippen LogP contribution in [-0.4, -0.2) is 50.2 Å². The van der Waals surface area contributed by atoms with Crippen molar-refractivity contribution in [3.63, 3.8) is 0 Å². The number of carbonyl (C=O) groups excluding carboxylic acids is 1. The standard InChI is InChI=1S/C14H19ClN2O2.ClH/c1-17(2)14(18)13-8-16-12(9-19-13)7-10-3-5-11(15)6-4-10;/h3-6,12-13,16H,7-9H2,1-2H3;1H/t12-,13+;/m0./s1. The lowest BCUT2D eigenvalue weighted by Crippen LogP contribution is -2.52. The molecule has 0 aromatic heterocycles. The number of carbonyl (C=O) groups is 1. The molecule has 0 aliphatic carbocycles. The van der Waals surface area contributed by atoms with Crippen LogP contribution in [0.2, 0.25) is 5.02 Å². The molecule has 1 N–H and O–H groups in total. The van der Waals surface area contributed by atoms with Crippen LogP contribution < -0.4 is 5.32 Å². The van der Waals surface area contributed by atoms with Gasteiger partial charge in [-0.25, -0.2) is 0 Å². The van der Waals surface area contributed by atoms with Crippen molar-refractivity contribution in [1.82, 2.24) is 10.2 Å². The summed E-state index contributed by atoms with van der Waals surface area (Å²) in [5.74, 6) is 0.0115. The van der Waals surface area contributed by atoms with Gasteiger partial charge in [-0.15, -0.1) is 12.4 Å². The Bertz CT molecular complexity index is 429. The van der Waals surface area contributed by atoms with Crippen LogP contribution in [0.4, 0.5) is 0 Å². The van der Waals surface area contributed by atoms with Crippen LogP contribution in [0.1, 0.15) is 5.56 Å². The predicted molar refractivity (Wildman–Crippen MR) is 82.6 cm³/mol. The van der Waals surface area contributed by atoms with E-state index in [-0.39, 0.29) is 30.5 Å². The second-order valence-electron chi connectivity index (χ2n) is 4.99. The van der Waals surface area contributed by atoms with Gasteiger partial charge in [0.25, 0.3) is 5.91 Å². The molecule has 1 fully saturated rings. The Labute approximate surface area is 130 Å². The number of morpholine rings is 1. The largest absolute Gasteiger partial charge is 0.365 e. The van der Waals surface area contributed by atoms with Crippen molar-refractivity contribution in [3.8, 4) is 0 Å². The first-order valence-electron chi connectivity index (χ1n) is 6.37. The highest BCUT2D eigenvalue weighted by Gasteiger charge is 2.27. The maximum absolute atomic E-state index is 11.7. The topological polar surface area (TPSA) is 41.6 Å². The second kappa shape index (κ2) is 7.84. The summed E-state index contributed by atoms with van der Waals surface area (Å²) in [5, 5.41) is 4.11. The molecule has 0 saturated carbocycles. The van der Waals surface area contributed by atoms with Crippen LogP contribution in [0.3, 0.4) is 0 Å². The van der Waals surface area contributed by atoms with Gasteiger partial charge in [-0.05, 0) is 24.1 Å². The average Bonchev–Trinajstić information content (AvgIpc) is 2.41. The number of nitrogens with zero attached hydrogens (tertiary/aromatic N) is 1. The van der Waals surface area contributed by atoms with E-state index in [1.54, 1.807) is 19.0 Å². The van der Waals surface area contributed by atoms with E-state index in [2.05, 4.69) is 5.32 Å². The molecule has 6 heteroatoms. The molecule has 2 rings (SSSR count). The SMILES string of the molecule is CN(C)C(=O)[C@H]1CN[C@@H](Cc2ccc(Cl)cc2)CO1.Cl. The van der Waals surface area contributed by atoms with Crippen LogP contribution in [0.15, 0.2) is 24.3 Å². The van der Waals surface area contributed by atoms with E-state index in [1.165, 1.54) is 5.56 Å². The van der Waals surface area contributed by atoms with Gasteiger partial charge in [0.05, 0.1) is 6.61 Å². The molecule has 2 atom stereocenters. The van der Waals surface area contributed by atoms with E-state index in [0.29, 0.717) is 13.2 Å². The summed E-state index contributed by atoms with van der Waals surface area (Å²) in [5.41, 5.74) is 1.21. The van der Waals surface area contributed by atoms with Crippen molar-refractivity contribution < 1.29 is 9.53 Å². The van der Waals surface area contributed by atoms with E-state index in [4.69, 9.17) is 16.3 Å². The Kier molecular flexibility index (Phi) is 6.76. The fourth-order valence-electron chi connectivity index (χ4n) is 2.11. The number of likely N-dealkylation sites (N-methyl/N-ethyl adjacent to an activating group) is 1. The number of amides is 1. The number of benzene rings is 1. The fraction of sp³-hybridized carbons (Fsp3) is 0.500. The second-order valence-corrected chi connectivity index (χ2v) is 5.43. The highest BCUT2D eigenvalue weighted by Crippen LogP contribution is 2.13. The average molecular weight is 319 g/mol. The van der Waals surface area contributed by atoms with Crippen LogP contribution >= 0.6 is 24.0 Å². The van der Waals surface area contributed by atoms with Gasteiger partial charge in [-0.3, -0.25) is 4.79 Å². The van der Waals surface area contributed by atoms with E-state index >= 15 is 0 Å². The molecule has 1 heterocycles. The maximum atomic E-state index is 11.7. The van der Waals surface area contributed by atoms with E-state index in [0.717, 1.165) is 11.4 Å². The van der Waals surface area contributed by atoms with Gasteiger partial charge in [0.2, 0.25) is 0 Å². The predicted octanol–water partition coefficient (Wildman–Crippen LogP) is 1.75. The van der Waals surface area contributed by atoms with Gasteiger partial charge in [-0.1, -0.05) is 23.7 Å². The maximum Gasteiger partial charge on any atom is 0.252 e. The summed E-state index contributed by atoms with van der Waals surface area (Å²) in [6, 6.07) is 8.05. The van der Waals surface area contributed by atoms with E-state index < -0.39 is 0 Å². The molecule has 1 aromatic carbocycles. The molecular formula is C14H20Cl2N2O2. The lowest BCUT2D eigenvalue weighted by Gasteiger charge is -2.31. The molecule has 1 aromatic rings. The Hall–Kier alpha value is -0.810. The van der Waals surface area contributed by atoms with Crippen molar-refractivity contribution in [1.29, 1.82) is 0 Å². The normalized spacial score (nSPS) is 21.9. The van der Waals surface area contributed by atoms with Crippen LogP contribution in [-0.2, 0) is 16.0 Å².